The number of rotatable bonds is 1. The highest BCUT2D eigenvalue weighted by Crippen LogP contribution is 1.92. The van der Waals surface area contributed by atoms with Crippen molar-refractivity contribution >= 4 is 0 Å². The summed E-state index contributed by atoms with van der Waals surface area (Å²) in [6.07, 6.45) is 0. The molecule has 1 aromatic rings. The summed E-state index contributed by atoms with van der Waals surface area (Å²) in [5.41, 5.74) is 2.67. The third kappa shape index (κ3) is 2.29. The molecule has 0 bridgehead atoms. The second-order valence-electron chi connectivity index (χ2n) is 2.55. The van der Waals surface area contributed by atoms with Crippen LogP contribution in [-0.2, 0) is 6.54 Å². The Labute approximate surface area is 78.8 Å². The minimum absolute atomic E-state index is 0. The number of pyridine rings is 1. The number of hydrogen-bond acceptors (Lipinski definition) is 0. The number of hydrogen-bond donors (Lipinski definition) is 0. The first kappa shape index (κ1) is 10.6. The lowest BCUT2D eigenvalue weighted by atomic mass is 10.3. The van der Waals surface area contributed by atoms with Gasteiger partial charge in [-0.1, -0.05) is 0 Å². The molecule has 0 aliphatic rings. The molecule has 0 radical (unpaired) electrons. The first-order chi connectivity index (χ1) is 4.75. The quantitative estimate of drug-likeness (QED) is 0.509. The molecule has 11 heavy (non-hydrogen) atoms. The van der Waals surface area contributed by atoms with Crippen molar-refractivity contribution in [3.63, 3.8) is 0 Å². The molecule has 1 heterocycles. The Bertz CT molecular complexity index is 213. The van der Waals surface area contributed by atoms with Crippen LogP contribution in [0.15, 0.2) is 18.2 Å². The van der Waals surface area contributed by atoms with Gasteiger partial charge in [0.15, 0.2) is 11.4 Å². The lowest BCUT2D eigenvalue weighted by Gasteiger charge is -1.98. The Kier molecular flexibility index (Phi) is 4.34. The van der Waals surface area contributed by atoms with Gasteiger partial charge in [0.2, 0.25) is 0 Å². The van der Waals surface area contributed by atoms with E-state index in [4.69, 9.17) is 0 Å². The predicted octanol–water partition coefficient (Wildman–Crippen LogP) is -1.39. The van der Waals surface area contributed by atoms with Gasteiger partial charge in [-0.15, -0.1) is 0 Å². The van der Waals surface area contributed by atoms with E-state index in [-0.39, 0.29) is 17.0 Å². The van der Waals surface area contributed by atoms with Crippen LogP contribution in [-0.4, -0.2) is 0 Å². The summed E-state index contributed by atoms with van der Waals surface area (Å²) in [5, 5.41) is 0. The Morgan fingerprint density at radius 3 is 1.91 bits per heavy atom. The van der Waals surface area contributed by atoms with Crippen molar-refractivity contribution in [3.05, 3.63) is 29.6 Å². The van der Waals surface area contributed by atoms with Crippen molar-refractivity contribution in [3.8, 4) is 0 Å². The maximum Gasteiger partial charge on any atom is 0.178 e. The third-order valence-corrected chi connectivity index (χ3v) is 1.84. The second-order valence-corrected chi connectivity index (χ2v) is 2.55. The first-order valence-electron chi connectivity index (χ1n) is 3.71. The summed E-state index contributed by atoms with van der Waals surface area (Å²) < 4.78 is 2.29. The third-order valence-electron chi connectivity index (χ3n) is 1.84. The monoisotopic (exact) mass is 215 g/mol. The fourth-order valence-corrected chi connectivity index (χ4v) is 1.28. The first-order valence-corrected chi connectivity index (χ1v) is 3.71. The largest absolute Gasteiger partial charge is 1.00 e. The average Bonchev–Trinajstić information content (AvgIpc) is 1.88. The summed E-state index contributed by atoms with van der Waals surface area (Å²) >= 11 is 0. The molecular weight excluding hydrogens is 202 g/mol. The summed E-state index contributed by atoms with van der Waals surface area (Å²) in [7, 11) is 0. The van der Waals surface area contributed by atoms with E-state index >= 15 is 0 Å². The fraction of sp³-hybridized carbons (Fsp3) is 0.444. The van der Waals surface area contributed by atoms with E-state index in [9.17, 15) is 0 Å². The highest BCUT2D eigenvalue weighted by molar-refractivity contribution is 5.00. The topological polar surface area (TPSA) is 3.88 Å². The molecule has 1 nitrogen and oxygen atoms in total. The molecule has 0 spiro atoms. The van der Waals surface area contributed by atoms with Crippen molar-refractivity contribution in [2.24, 2.45) is 0 Å². The summed E-state index contributed by atoms with van der Waals surface area (Å²) in [6.45, 7) is 7.51. The van der Waals surface area contributed by atoms with Crippen LogP contribution in [0.4, 0.5) is 0 Å². The van der Waals surface area contributed by atoms with Crippen LogP contribution < -0.4 is 21.5 Å². The zero-order valence-electron chi connectivity index (χ0n) is 7.26. The Morgan fingerprint density at radius 1 is 1.18 bits per heavy atom. The van der Waals surface area contributed by atoms with E-state index in [0.29, 0.717) is 0 Å². The molecule has 0 aliphatic carbocycles. The van der Waals surface area contributed by atoms with E-state index in [1.807, 2.05) is 0 Å². The fourth-order valence-electron chi connectivity index (χ4n) is 1.28. The van der Waals surface area contributed by atoms with Crippen LogP contribution in [0.2, 0.25) is 0 Å². The molecule has 0 atom stereocenters. The van der Waals surface area contributed by atoms with Gasteiger partial charge in [-0.25, -0.2) is 4.57 Å². The van der Waals surface area contributed by atoms with Crippen LogP contribution in [0.3, 0.4) is 0 Å². The lowest BCUT2D eigenvalue weighted by Crippen LogP contribution is -3.00. The van der Waals surface area contributed by atoms with Crippen LogP contribution in [0.1, 0.15) is 18.3 Å². The molecule has 0 amide bonds. The van der Waals surface area contributed by atoms with Gasteiger partial charge in [-0.2, -0.15) is 0 Å². The van der Waals surface area contributed by atoms with Gasteiger partial charge in [0, 0.05) is 26.0 Å². The number of aryl methyl sites for hydroxylation is 2. The normalized spacial score (nSPS) is 9.00. The summed E-state index contributed by atoms with van der Waals surface area (Å²) in [6, 6.07) is 6.36. The molecule has 0 aliphatic heterocycles. The van der Waals surface area contributed by atoms with Crippen LogP contribution in [0.5, 0.6) is 0 Å². The van der Waals surface area contributed by atoms with Gasteiger partial charge < -0.3 is 17.0 Å². The number of aromatic nitrogens is 1. The highest BCUT2D eigenvalue weighted by Gasteiger charge is 2.04. The molecule has 0 fully saturated rings. The molecular formula is C9H14BrN. The average molecular weight is 216 g/mol. The van der Waals surface area contributed by atoms with Crippen molar-refractivity contribution in [2.45, 2.75) is 27.3 Å². The molecule has 62 valence electrons. The van der Waals surface area contributed by atoms with Crippen LogP contribution >= 0.6 is 0 Å². The number of nitrogens with zero attached hydrogens (tertiary/aromatic N) is 1. The summed E-state index contributed by atoms with van der Waals surface area (Å²) in [5.74, 6) is 0. The van der Waals surface area contributed by atoms with Gasteiger partial charge in [0.25, 0.3) is 0 Å². The SMILES string of the molecule is CC[n+]1c(C)cccc1C.[Br-]. The van der Waals surface area contributed by atoms with E-state index in [1.165, 1.54) is 11.4 Å². The van der Waals surface area contributed by atoms with Gasteiger partial charge in [-0.05, 0) is 13.0 Å². The van der Waals surface area contributed by atoms with Crippen molar-refractivity contribution in [1.82, 2.24) is 0 Å². The maximum atomic E-state index is 2.29. The highest BCUT2D eigenvalue weighted by atomic mass is 79.9. The standard InChI is InChI=1S/C9H14N.BrH/c1-4-10-8(2)6-5-7-9(10)3;/h5-7H,4H2,1-3H3;1H/q+1;/p-1. The Morgan fingerprint density at radius 2 is 1.64 bits per heavy atom. The zero-order chi connectivity index (χ0) is 7.56. The Balaban J connectivity index is 0.000001000. The van der Waals surface area contributed by atoms with Gasteiger partial charge in [0.1, 0.15) is 6.54 Å². The molecule has 1 rings (SSSR count). The molecule has 0 aromatic carbocycles. The van der Waals surface area contributed by atoms with Crippen LogP contribution in [0.25, 0.3) is 0 Å². The van der Waals surface area contributed by atoms with Gasteiger partial charge >= 0.3 is 0 Å². The van der Waals surface area contributed by atoms with Crippen molar-refractivity contribution in [2.75, 3.05) is 0 Å². The molecule has 0 saturated heterocycles. The molecule has 2 heteroatoms. The maximum absolute atomic E-state index is 2.29. The van der Waals surface area contributed by atoms with Crippen molar-refractivity contribution < 1.29 is 21.5 Å². The van der Waals surface area contributed by atoms with E-state index in [1.54, 1.807) is 0 Å². The van der Waals surface area contributed by atoms with Gasteiger partial charge in [-0.3, -0.25) is 0 Å². The van der Waals surface area contributed by atoms with Crippen LogP contribution in [0, 0.1) is 13.8 Å². The molecule has 0 N–H and O–H groups in total. The minimum Gasteiger partial charge on any atom is -1.00 e. The van der Waals surface area contributed by atoms with Crippen molar-refractivity contribution in [1.29, 1.82) is 0 Å². The summed E-state index contributed by atoms with van der Waals surface area (Å²) in [4.78, 5) is 0. The smallest absolute Gasteiger partial charge is 0.178 e. The number of halogens is 1. The second kappa shape index (κ2) is 4.50. The molecule has 1 aromatic heterocycles. The van der Waals surface area contributed by atoms with Gasteiger partial charge in [0.05, 0.1) is 0 Å². The molecule has 0 unspecified atom stereocenters. The predicted molar refractivity (Wildman–Crippen MR) is 41.8 cm³/mol. The lowest BCUT2D eigenvalue weighted by molar-refractivity contribution is -0.705. The minimum atomic E-state index is 0. The van der Waals surface area contributed by atoms with E-state index in [0.717, 1.165) is 6.54 Å². The van der Waals surface area contributed by atoms with E-state index in [2.05, 4.69) is 43.5 Å². The zero-order valence-corrected chi connectivity index (χ0v) is 8.85. The molecule has 0 saturated carbocycles. The van der Waals surface area contributed by atoms with E-state index < -0.39 is 0 Å². The Hall–Kier alpha value is -0.370.